The highest BCUT2D eigenvalue weighted by Crippen LogP contribution is 2.29. The molecule has 1 aromatic carbocycles. The summed E-state index contributed by atoms with van der Waals surface area (Å²) in [5.41, 5.74) is 0. The van der Waals surface area contributed by atoms with Crippen LogP contribution >= 0.6 is 67.8 Å². The molecule has 1 aromatic rings. The molecule has 0 saturated carbocycles. The van der Waals surface area contributed by atoms with Gasteiger partial charge in [0, 0.05) is 3.57 Å². The zero-order chi connectivity index (χ0) is 11.6. The van der Waals surface area contributed by atoms with E-state index in [-0.39, 0.29) is 0 Å². The number of hydrogen-bond acceptors (Lipinski definition) is 3. The van der Waals surface area contributed by atoms with E-state index in [1.807, 2.05) is 45.2 Å². The summed E-state index contributed by atoms with van der Waals surface area (Å²) in [6.45, 7) is 0. The van der Waals surface area contributed by atoms with E-state index >= 15 is 0 Å². The van der Waals surface area contributed by atoms with Crippen molar-refractivity contribution in [3.05, 3.63) is 22.8 Å². The fourth-order valence-electron chi connectivity index (χ4n) is 0.763. The molecule has 0 aliphatic rings. The lowest BCUT2D eigenvalue weighted by molar-refractivity contribution is -0.158. The van der Waals surface area contributed by atoms with Gasteiger partial charge in [0.05, 0.1) is 7.14 Å². The number of hydrogen-bond donors (Lipinski definition) is 1. The quantitative estimate of drug-likeness (QED) is 0.256. The van der Waals surface area contributed by atoms with Gasteiger partial charge >= 0.3 is 11.9 Å². The van der Waals surface area contributed by atoms with Gasteiger partial charge in [-0.2, -0.15) is 0 Å². The Morgan fingerprint density at radius 2 is 1.60 bits per heavy atom. The van der Waals surface area contributed by atoms with Crippen molar-refractivity contribution in [1.82, 2.24) is 0 Å². The Morgan fingerprint density at radius 3 is 2.00 bits per heavy atom. The largest absolute Gasteiger partial charge is 0.473 e. The first-order valence-corrected chi connectivity index (χ1v) is 6.75. The fraction of sp³-hybridized carbons (Fsp3) is 0. The summed E-state index contributed by atoms with van der Waals surface area (Å²) in [5.74, 6) is -2.57. The Hall–Kier alpha value is 0.350. The van der Waals surface area contributed by atoms with Crippen molar-refractivity contribution in [2.75, 3.05) is 0 Å². The summed E-state index contributed by atoms with van der Waals surface area (Å²) in [6.07, 6.45) is 0. The Labute approximate surface area is 126 Å². The number of carboxylic acids is 1. The highest BCUT2D eigenvalue weighted by Gasteiger charge is 2.18. The van der Waals surface area contributed by atoms with Gasteiger partial charge in [0.1, 0.15) is 0 Å². The minimum atomic E-state index is -1.60. The summed E-state index contributed by atoms with van der Waals surface area (Å²) in [6, 6.07) is 3.60. The van der Waals surface area contributed by atoms with E-state index in [1.165, 1.54) is 0 Å². The van der Waals surface area contributed by atoms with E-state index in [0.29, 0.717) is 12.9 Å². The maximum atomic E-state index is 10.9. The molecule has 7 heteroatoms. The van der Waals surface area contributed by atoms with Crippen LogP contribution in [0.3, 0.4) is 0 Å². The average molecular weight is 544 g/mol. The van der Waals surface area contributed by atoms with Crippen LogP contribution in [-0.4, -0.2) is 17.0 Å². The van der Waals surface area contributed by atoms with E-state index in [1.54, 1.807) is 12.1 Å². The summed E-state index contributed by atoms with van der Waals surface area (Å²) < 4.78 is 7.15. The Bertz CT molecular complexity index is 407. The number of carbonyl (C=O) groups is 2. The van der Waals surface area contributed by atoms with Gasteiger partial charge in [0.15, 0.2) is 5.75 Å². The molecule has 0 unspecified atom stereocenters. The first-order valence-electron chi connectivity index (χ1n) is 3.51. The molecule has 4 nitrogen and oxygen atoms in total. The molecular weight excluding hydrogens is 541 g/mol. The van der Waals surface area contributed by atoms with Crippen LogP contribution < -0.4 is 4.74 Å². The summed E-state index contributed by atoms with van der Waals surface area (Å²) in [5, 5.41) is 8.40. The van der Waals surface area contributed by atoms with Crippen molar-refractivity contribution in [3.63, 3.8) is 0 Å². The highest BCUT2D eigenvalue weighted by atomic mass is 127. The topological polar surface area (TPSA) is 63.6 Å². The second-order valence-electron chi connectivity index (χ2n) is 2.39. The monoisotopic (exact) mass is 544 g/mol. The minimum absolute atomic E-state index is 0.295. The SMILES string of the molecule is O=C(O)C(=O)Oc1c(I)cc(I)cc1I. The third kappa shape index (κ3) is 3.69. The zero-order valence-corrected chi connectivity index (χ0v) is 13.4. The fourth-order valence-corrected chi connectivity index (χ4v) is 4.57. The molecule has 0 heterocycles. The van der Waals surface area contributed by atoms with Crippen LogP contribution in [0.5, 0.6) is 5.75 Å². The molecular formula is C8H3I3O4. The molecule has 0 saturated heterocycles. The zero-order valence-electron chi connectivity index (χ0n) is 6.96. The number of rotatable bonds is 1. The molecule has 0 aliphatic carbocycles. The van der Waals surface area contributed by atoms with Gasteiger partial charge in [-0.25, -0.2) is 9.59 Å². The van der Waals surface area contributed by atoms with Crippen molar-refractivity contribution in [3.8, 4) is 5.75 Å². The molecule has 1 rings (SSSR count). The summed E-state index contributed by atoms with van der Waals surface area (Å²) >= 11 is 6.11. The third-order valence-electron chi connectivity index (χ3n) is 1.33. The third-order valence-corrected chi connectivity index (χ3v) is 3.56. The Morgan fingerprint density at radius 1 is 1.13 bits per heavy atom. The average Bonchev–Trinajstić information content (AvgIpc) is 2.10. The molecule has 0 aliphatic heterocycles. The molecule has 1 N–H and O–H groups in total. The molecule has 0 fully saturated rings. The second-order valence-corrected chi connectivity index (χ2v) is 5.96. The number of carbonyl (C=O) groups excluding carboxylic acids is 1. The van der Waals surface area contributed by atoms with Gasteiger partial charge in [0.2, 0.25) is 0 Å². The van der Waals surface area contributed by atoms with Crippen LogP contribution in [0, 0.1) is 10.7 Å². The Balaban J connectivity index is 3.05. The van der Waals surface area contributed by atoms with Gasteiger partial charge in [-0.05, 0) is 79.9 Å². The van der Waals surface area contributed by atoms with Crippen molar-refractivity contribution in [2.24, 2.45) is 0 Å². The van der Waals surface area contributed by atoms with E-state index in [2.05, 4.69) is 22.6 Å². The molecule has 0 amide bonds. The first kappa shape index (κ1) is 13.4. The lowest BCUT2D eigenvalue weighted by atomic mass is 10.3. The number of esters is 1. The van der Waals surface area contributed by atoms with Crippen LogP contribution in [0.25, 0.3) is 0 Å². The molecule has 0 bridgehead atoms. The molecule has 0 atom stereocenters. The number of ether oxygens (including phenoxy) is 1. The molecule has 15 heavy (non-hydrogen) atoms. The first-order chi connectivity index (χ1) is 6.91. The predicted molar refractivity (Wildman–Crippen MR) is 77.9 cm³/mol. The highest BCUT2D eigenvalue weighted by molar-refractivity contribution is 14.1. The van der Waals surface area contributed by atoms with E-state index in [9.17, 15) is 9.59 Å². The summed E-state index contributed by atoms with van der Waals surface area (Å²) in [7, 11) is 0. The van der Waals surface area contributed by atoms with E-state index in [4.69, 9.17) is 9.84 Å². The maximum Gasteiger partial charge on any atom is 0.422 e. The van der Waals surface area contributed by atoms with Gasteiger partial charge in [0.25, 0.3) is 0 Å². The van der Waals surface area contributed by atoms with E-state index < -0.39 is 11.9 Å². The van der Waals surface area contributed by atoms with Gasteiger partial charge in [-0.1, -0.05) is 0 Å². The Kier molecular flexibility index (Phi) is 5.02. The second kappa shape index (κ2) is 5.61. The van der Waals surface area contributed by atoms with Crippen molar-refractivity contribution < 1.29 is 19.4 Å². The van der Waals surface area contributed by atoms with Crippen molar-refractivity contribution in [1.29, 1.82) is 0 Å². The lowest BCUT2D eigenvalue weighted by Crippen LogP contribution is -2.20. The molecule has 80 valence electrons. The number of aliphatic carboxylic acids is 1. The smallest absolute Gasteiger partial charge is 0.422 e. The van der Waals surface area contributed by atoms with Gasteiger partial charge in [-0.3, -0.25) is 0 Å². The van der Waals surface area contributed by atoms with Gasteiger partial charge in [-0.15, -0.1) is 0 Å². The molecule has 0 radical (unpaired) electrons. The molecule has 0 aromatic heterocycles. The normalized spacial score (nSPS) is 9.80. The van der Waals surface area contributed by atoms with E-state index in [0.717, 1.165) is 3.57 Å². The number of benzene rings is 1. The molecule has 0 spiro atoms. The van der Waals surface area contributed by atoms with Crippen molar-refractivity contribution >= 4 is 79.7 Å². The number of carboxylic acid groups (broad SMARTS) is 1. The maximum absolute atomic E-state index is 10.9. The minimum Gasteiger partial charge on any atom is -0.473 e. The summed E-state index contributed by atoms with van der Waals surface area (Å²) in [4.78, 5) is 21.2. The number of halogens is 3. The van der Waals surface area contributed by atoms with Crippen LogP contribution in [0.4, 0.5) is 0 Å². The van der Waals surface area contributed by atoms with Crippen LogP contribution in [0.1, 0.15) is 0 Å². The standard InChI is InChI=1S/C8H3I3O4/c9-3-1-4(10)6(5(11)2-3)15-8(14)7(12)13/h1-2H,(H,12,13). The van der Waals surface area contributed by atoms with Crippen LogP contribution in [0.2, 0.25) is 0 Å². The van der Waals surface area contributed by atoms with Gasteiger partial charge < -0.3 is 9.84 Å². The van der Waals surface area contributed by atoms with Crippen LogP contribution in [-0.2, 0) is 9.59 Å². The van der Waals surface area contributed by atoms with Crippen LogP contribution in [0.15, 0.2) is 12.1 Å². The lowest BCUT2D eigenvalue weighted by Gasteiger charge is -2.07. The predicted octanol–water partition coefficient (Wildman–Crippen LogP) is 2.49. The van der Waals surface area contributed by atoms with Crippen molar-refractivity contribution in [2.45, 2.75) is 0 Å².